The van der Waals surface area contributed by atoms with Gasteiger partial charge in [-0.2, -0.15) is 0 Å². The fourth-order valence-corrected chi connectivity index (χ4v) is 2.64. The van der Waals surface area contributed by atoms with E-state index >= 15 is 0 Å². The van der Waals surface area contributed by atoms with Gasteiger partial charge in [-0.05, 0) is 58.1 Å². The zero-order valence-corrected chi connectivity index (χ0v) is 16.9. The van der Waals surface area contributed by atoms with Crippen LogP contribution in [0.3, 0.4) is 0 Å². The monoisotopic (exact) mass is 364 g/mol. The molecule has 0 radical (unpaired) electrons. The molecule has 0 unspecified atom stereocenters. The average Bonchev–Trinajstić information content (AvgIpc) is 2.52. The first-order chi connectivity index (χ1) is 12.2. The van der Waals surface area contributed by atoms with Crippen molar-refractivity contribution in [1.29, 1.82) is 0 Å². The maximum Gasteiger partial charge on any atom is 0.407 e. The lowest BCUT2D eigenvalue weighted by atomic mass is 10.0. The van der Waals surface area contributed by atoms with Crippen molar-refractivity contribution in [2.24, 2.45) is 5.92 Å². The molecular weight excluding hydrogens is 328 g/mol. The van der Waals surface area contributed by atoms with Crippen molar-refractivity contribution in [2.45, 2.75) is 71.6 Å². The van der Waals surface area contributed by atoms with Crippen LogP contribution in [0.2, 0.25) is 0 Å². The molecule has 2 atom stereocenters. The van der Waals surface area contributed by atoms with Gasteiger partial charge in [0, 0.05) is 6.54 Å². The van der Waals surface area contributed by atoms with E-state index in [0.29, 0.717) is 18.9 Å². The van der Waals surface area contributed by atoms with Crippen molar-refractivity contribution in [1.82, 2.24) is 10.6 Å². The molecule has 5 nitrogen and oxygen atoms in total. The lowest BCUT2D eigenvalue weighted by Gasteiger charge is -2.27. The highest BCUT2D eigenvalue weighted by molar-refractivity contribution is 5.68. The van der Waals surface area contributed by atoms with E-state index < -0.39 is 23.8 Å². The van der Waals surface area contributed by atoms with E-state index in [1.54, 1.807) is 0 Å². The summed E-state index contributed by atoms with van der Waals surface area (Å²) in [5, 5.41) is 16.7. The number of aliphatic hydroxyl groups is 1. The van der Waals surface area contributed by atoms with Crippen LogP contribution < -0.4 is 10.6 Å². The number of nitrogens with one attached hydrogen (secondary N) is 2. The van der Waals surface area contributed by atoms with Crippen molar-refractivity contribution < 1.29 is 14.6 Å². The molecule has 0 bridgehead atoms. The van der Waals surface area contributed by atoms with Crippen LogP contribution in [0.1, 0.15) is 53.0 Å². The molecule has 3 N–H and O–H groups in total. The molecule has 0 aliphatic carbocycles. The van der Waals surface area contributed by atoms with Crippen LogP contribution in [0.25, 0.3) is 0 Å². The van der Waals surface area contributed by atoms with Gasteiger partial charge in [-0.25, -0.2) is 4.79 Å². The second-order valence-electron chi connectivity index (χ2n) is 8.25. The minimum atomic E-state index is -0.693. The number of benzene rings is 1. The van der Waals surface area contributed by atoms with E-state index in [1.165, 1.54) is 0 Å². The number of alkyl carbamates (subject to hydrolysis) is 1. The summed E-state index contributed by atoms with van der Waals surface area (Å²) >= 11 is 0. The second-order valence-corrected chi connectivity index (χ2v) is 8.25. The Morgan fingerprint density at radius 3 is 2.42 bits per heavy atom. The predicted octanol–water partition coefficient (Wildman–Crippen LogP) is 3.51. The highest BCUT2D eigenvalue weighted by Crippen LogP contribution is 2.10. The van der Waals surface area contributed by atoms with Crippen molar-refractivity contribution in [3.05, 3.63) is 35.9 Å². The summed E-state index contributed by atoms with van der Waals surface area (Å²) in [6, 6.07) is 9.43. The van der Waals surface area contributed by atoms with Crippen LogP contribution in [0, 0.1) is 5.92 Å². The van der Waals surface area contributed by atoms with Crippen LogP contribution >= 0.6 is 0 Å². The molecule has 0 aliphatic heterocycles. The van der Waals surface area contributed by atoms with Gasteiger partial charge < -0.3 is 20.5 Å². The van der Waals surface area contributed by atoms with Gasteiger partial charge in [0.2, 0.25) is 0 Å². The fourth-order valence-electron chi connectivity index (χ4n) is 2.64. The van der Waals surface area contributed by atoms with Crippen LogP contribution in [-0.4, -0.2) is 42.0 Å². The normalized spacial score (nSPS) is 14.1. The van der Waals surface area contributed by atoms with Crippen molar-refractivity contribution >= 4 is 6.09 Å². The molecule has 26 heavy (non-hydrogen) atoms. The van der Waals surface area contributed by atoms with Gasteiger partial charge in [-0.1, -0.05) is 44.2 Å². The van der Waals surface area contributed by atoms with E-state index in [4.69, 9.17) is 4.74 Å². The Morgan fingerprint density at radius 1 is 1.19 bits per heavy atom. The van der Waals surface area contributed by atoms with Crippen LogP contribution in [0.5, 0.6) is 0 Å². The minimum Gasteiger partial charge on any atom is -0.444 e. The van der Waals surface area contributed by atoms with Crippen molar-refractivity contribution in [3.8, 4) is 0 Å². The molecule has 0 saturated heterocycles. The lowest BCUT2D eigenvalue weighted by molar-refractivity contribution is 0.0422. The zero-order chi connectivity index (χ0) is 19.6. The molecule has 0 spiro atoms. The number of carbonyl (C=O) groups is 1. The standard InChI is InChI=1S/C21H36N2O3/c1-16(2)10-9-13-22-15-19(24)18(14-17-11-7-6-8-12-17)23-20(25)26-21(3,4)5/h6-8,11-12,16,18-19,22,24H,9-10,13-15H2,1-5H3,(H,23,25)/t18-,19+/m0/s1. The number of hydrogen-bond donors (Lipinski definition) is 3. The highest BCUT2D eigenvalue weighted by atomic mass is 16.6. The molecule has 5 heteroatoms. The molecule has 0 heterocycles. The number of amides is 1. The van der Waals surface area contributed by atoms with E-state index in [2.05, 4.69) is 24.5 Å². The quantitative estimate of drug-likeness (QED) is 0.556. The number of hydrogen-bond acceptors (Lipinski definition) is 4. The van der Waals surface area contributed by atoms with Crippen LogP contribution in [0.15, 0.2) is 30.3 Å². The maximum absolute atomic E-state index is 12.2. The Kier molecular flexibility index (Phi) is 9.66. The fraction of sp³-hybridized carbons (Fsp3) is 0.667. The largest absolute Gasteiger partial charge is 0.444 e. The van der Waals surface area contributed by atoms with Gasteiger partial charge in [0.25, 0.3) is 0 Å². The van der Waals surface area contributed by atoms with Gasteiger partial charge in [-0.15, -0.1) is 0 Å². The Bertz CT molecular complexity index is 512. The smallest absolute Gasteiger partial charge is 0.407 e. The van der Waals surface area contributed by atoms with Crippen molar-refractivity contribution in [2.75, 3.05) is 13.1 Å². The molecule has 0 fully saturated rings. The third-order valence-corrected chi connectivity index (χ3v) is 3.95. The Morgan fingerprint density at radius 2 is 1.85 bits per heavy atom. The Balaban J connectivity index is 2.59. The zero-order valence-electron chi connectivity index (χ0n) is 16.9. The Labute approximate surface area is 158 Å². The van der Waals surface area contributed by atoms with Gasteiger partial charge >= 0.3 is 6.09 Å². The summed E-state index contributed by atoms with van der Waals surface area (Å²) < 4.78 is 5.34. The maximum atomic E-state index is 12.2. The molecule has 1 aromatic carbocycles. The third-order valence-electron chi connectivity index (χ3n) is 3.95. The molecular formula is C21H36N2O3. The summed E-state index contributed by atoms with van der Waals surface area (Å²) in [6.45, 7) is 11.2. The molecule has 0 saturated carbocycles. The van der Waals surface area contributed by atoms with Gasteiger partial charge in [0.1, 0.15) is 5.60 Å². The first-order valence-electron chi connectivity index (χ1n) is 9.59. The number of ether oxygens (including phenoxy) is 1. The first-order valence-corrected chi connectivity index (χ1v) is 9.59. The number of rotatable bonds is 10. The topological polar surface area (TPSA) is 70.6 Å². The first kappa shape index (κ1) is 22.5. The summed E-state index contributed by atoms with van der Waals surface area (Å²) in [6.07, 6.45) is 1.59. The Hall–Kier alpha value is -1.59. The molecule has 1 aromatic rings. The minimum absolute atomic E-state index is 0.412. The predicted molar refractivity (Wildman–Crippen MR) is 106 cm³/mol. The van der Waals surface area contributed by atoms with Crippen LogP contribution in [0.4, 0.5) is 4.79 Å². The summed E-state index contributed by atoms with van der Waals surface area (Å²) in [7, 11) is 0. The van der Waals surface area contributed by atoms with Gasteiger partial charge in [-0.3, -0.25) is 0 Å². The summed E-state index contributed by atoms with van der Waals surface area (Å²) in [5.74, 6) is 0.682. The van der Waals surface area contributed by atoms with Crippen LogP contribution in [-0.2, 0) is 11.2 Å². The molecule has 148 valence electrons. The third kappa shape index (κ3) is 10.4. The van der Waals surface area contributed by atoms with E-state index in [0.717, 1.165) is 24.9 Å². The molecule has 1 rings (SSSR count). The van der Waals surface area contributed by atoms with Gasteiger partial charge in [0.05, 0.1) is 12.1 Å². The SMILES string of the molecule is CC(C)CCCNC[C@@H](O)[C@H](Cc1ccccc1)NC(=O)OC(C)(C)C. The van der Waals surface area contributed by atoms with E-state index in [1.807, 2.05) is 51.1 Å². The van der Waals surface area contributed by atoms with Gasteiger partial charge in [0.15, 0.2) is 0 Å². The van der Waals surface area contributed by atoms with Crippen molar-refractivity contribution in [3.63, 3.8) is 0 Å². The molecule has 0 aliphatic rings. The average molecular weight is 365 g/mol. The number of carbonyl (C=O) groups excluding carboxylic acids is 1. The van der Waals surface area contributed by atoms with E-state index in [-0.39, 0.29) is 0 Å². The molecule has 1 amide bonds. The number of aliphatic hydroxyl groups excluding tert-OH is 1. The lowest BCUT2D eigenvalue weighted by Crippen LogP contribution is -2.50. The molecule has 0 aromatic heterocycles. The highest BCUT2D eigenvalue weighted by Gasteiger charge is 2.24. The second kappa shape index (κ2) is 11.2. The summed E-state index contributed by atoms with van der Waals surface area (Å²) in [4.78, 5) is 12.2. The van der Waals surface area contributed by atoms with E-state index in [9.17, 15) is 9.90 Å². The summed E-state index contributed by atoms with van der Waals surface area (Å²) in [5.41, 5.74) is 0.494.